The molecule has 39 heavy (non-hydrogen) atoms. The van der Waals surface area contributed by atoms with Gasteiger partial charge < -0.3 is 4.74 Å². The van der Waals surface area contributed by atoms with Gasteiger partial charge in [0.25, 0.3) is 5.69 Å². The maximum absolute atomic E-state index is 12.7. The summed E-state index contributed by atoms with van der Waals surface area (Å²) in [4.78, 5) is 23.2. The topological polar surface area (TPSA) is 69.4 Å². The van der Waals surface area contributed by atoms with E-state index < -0.39 is 4.92 Å². The van der Waals surface area contributed by atoms with Gasteiger partial charge >= 0.3 is 5.97 Å². The zero-order valence-corrected chi connectivity index (χ0v) is 25.2. The minimum atomic E-state index is -0.447. The predicted octanol–water partition coefficient (Wildman–Crippen LogP) is 9.63. The molecule has 0 aromatic heterocycles. The molecule has 3 fully saturated rings. The van der Waals surface area contributed by atoms with Gasteiger partial charge in [-0.25, -0.2) is 4.79 Å². The maximum Gasteiger partial charge on any atom is 0.338 e. The lowest BCUT2D eigenvalue weighted by Crippen LogP contribution is -2.39. The minimum absolute atomic E-state index is 0.00826. The number of non-ortho nitro benzene ring substituents is 1. The van der Waals surface area contributed by atoms with Gasteiger partial charge in [0.15, 0.2) is 0 Å². The molecule has 0 heterocycles. The number of nitrogens with zero attached hydrogens (tertiary/aromatic N) is 1. The fourth-order valence-corrected chi connectivity index (χ4v) is 8.96. The zero-order chi connectivity index (χ0) is 28.2. The van der Waals surface area contributed by atoms with Crippen LogP contribution >= 0.6 is 0 Å². The fourth-order valence-electron chi connectivity index (χ4n) is 8.96. The lowest BCUT2D eigenvalue weighted by Gasteiger charge is -2.47. The Morgan fingerprint density at radius 1 is 1.03 bits per heavy atom. The van der Waals surface area contributed by atoms with Crippen molar-refractivity contribution in [3.05, 3.63) is 39.9 Å². The average molecular weight is 540 g/mol. The van der Waals surface area contributed by atoms with E-state index in [1.165, 1.54) is 88.5 Å². The molecule has 8 atom stereocenters. The normalized spacial score (nSPS) is 33.5. The highest BCUT2D eigenvalue weighted by Crippen LogP contribution is 2.61. The minimum Gasteiger partial charge on any atom is -0.459 e. The molecule has 218 valence electrons. The summed E-state index contributed by atoms with van der Waals surface area (Å²) < 4.78 is 5.91. The van der Waals surface area contributed by atoms with E-state index in [2.05, 4.69) is 34.6 Å². The highest BCUT2D eigenvalue weighted by molar-refractivity contribution is 5.89. The molecule has 0 spiro atoms. The van der Waals surface area contributed by atoms with E-state index in [0.717, 1.165) is 48.9 Å². The molecule has 0 amide bonds. The number of esters is 1. The molecular weight excluding hydrogens is 486 g/mol. The number of ether oxygens (including phenoxy) is 1. The quantitative estimate of drug-likeness (QED) is 0.159. The van der Waals surface area contributed by atoms with Crippen molar-refractivity contribution in [2.24, 2.45) is 46.8 Å². The number of fused-ring (bicyclic) bond motifs is 1. The van der Waals surface area contributed by atoms with Gasteiger partial charge in [-0.1, -0.05) is 66.7 Å². The molecule has 3 unspecified atom stereocenters. The molecular formula is C34H53NO4. The largest absolute Gasteiger partial charge is 0.459 e. The molecule has 1 aromatic rings. The summed E-state index contributed by atoms with van der Waals surface area (Å²) in [5, 5.41) is 10.9. The van der Waals surface area contributed by atoms with Crippen molar-refractivity contribution >= 4 is 11.7 Å². The standard InChI is InChI=1S/C34H53NO4/c1-23(2)8-6-9-25(4)31-19-20-32-26(10-7-21-34(31,32)5)12-13-28-22-30(18-11-24(28)3)39-33(36)27-14-16-29(17-15-27)35(37)38/h14-17,23-26,28,30-32H,6-13,18-22H2,1-5H3/t24?,25-,26?,28?,30+,31-,32+,34-/m1/s1. The van der Waals surface area contributed by atoms with Gasteiger partial charge in [0.2, 0.25) is 0 Å². The number of rotatable bonds is 11. The molecule has 0 bridgehead atoms. The van der Waals surface area contributed by atoms with E-state index in [1.807, 2.05) is 0 Å². The van der Waals surface area contributed by atoms with Crippen molar-refractivity contribution in [3.63, 3.8) is 0 Å². The molecule has 4 rings (SSSR count). The van der Waals surface area contributed by atoms with Crippen molar-refractivity contribution in [2.75, 3.05) is 0 Å². The SMILES string of the molecule is CC(C)CCC[C@@H](C)[C@H]1CC[C@H]2C(CCC3C[C@@H](OC(=O)c4ccc([N+](=O)[O-])cc4)CCC3C)CCC[C@]12C. The lowest BCUT2D eigenvalue weighted by atomic mass is 9.58. The van der Waals surface area contributed by atoms with Crippen LogP contribution in [0.5, 0.6) is 0 Å². The van der Waals surface area contributed by atoms with E-state index in [0.29, 0.717) is 22.8 Å². The second-order valence-corrected chi connectivity index (χ2v) is 14.2. The van der Waals surface area contributed by atoms with Crippen LogP contribution in [0.3, 0.4) is 0 Å². The Morgan fingerprint density at radius 3 is 2.44 bits per heavy atom. The van der Waals surface area contributed by atoms with E-state index in [4.69, 9.17) is 4.74 Å². The summed E-state index contributed by atoms with van der Waals surface area (Å²) in [7, 11) is 0. The first-order valence-corrected chi connectivity index (χ1v) is 16.0. The molecule has 0 N–H and O–H groups in total. The van der Waals surface area contributed by atoms with Gasteiger partial charge in [-0.05, 0) is 110 Å². The molecule has 5 nitrogen and oxygen atoms in total. The van der Waals surface area contributed by atoms with Crippen molar-refractivity contribution in [1.82, 2.24) is 0 Å². The fraction of sp³-hybridized carbons (Fsp3) is 0.794. The van der Waals surface area contributed by atoms with E-state index in [-0.39, 0.29) is 17.8 Å². The van der Waals surface area contributed by atoms with Gasteiger partial charge in [0.1, 0.15) is 6.10 Å². The number of hydrogen-bond acceptors (Lipinski definition) is 4. The predicted molar refractivity (Wildman–Crippen MR) is 158 cm³/mol. The first-order chi connectivity index (χ1) is 18.6. The highest BCUT2D eigenvalue weighted by atomic mass is 16.6. The number of nitro groups is 1. The Kier molecular flexibility index (Phi) is 10.1. The summed E-state index contributed by atoms with van der Waals surface area (Å²) in [6, 6.07) is 5.76. The molecule has 3 saturated carbocycles. The molecule has 0 aliphatic heterocycles. The van der Waals surface area contributed by atoms with Gasteiger partial charge in [0, 0.05) is 12.1 Å². The smallest absolute Gasteiger partial charge is 0.338 e. The molecule has 3 aliphatic rings. The Labute approximate surface area is 237 Å². The Hall–Kier alpha value is -1.91. The third-order valence-corrected chi connectivity index (χ3v) is 11.3. The molecule has 0 radical (unpaired) electrons. The third kappa shape index (κ3) is 7.24. The van der Waals surface area contributed by atoms with E-state index >= 15 is 0 Å². The number of nitro benzene ring substituents is 1. The van der Waals surface area contributed by atoms with Crippen molar-refractivity contribution in [3.8, 4) is 0 Å². The van der Waals surface area contributed by atoms with Crippen molar-refractivity contribution < 1.29 is 14.5 Å². The second kappa shape index (κ2) is 13.2. The van der Waals surface area contributed by atoms with Crippen molar-refractivity contribution in [2.45, 2.75) is 124 Å². The second-order valence-electron chi connectivity index (χ2n) is 14.2. The number of carbonyl (C=O) groups is 1. The highest BCUT2D eigenvalue weighted by Gasteiger charge is 2.52. The van der Waals surface area contributed by atoms with E-state index in [1.54, 1.807) is 0 Å². The Morgan fingerprint density at radius 2 is 1.74 bits per heavy atom. The first-order valence-electron chi connectivity index (χ1n) is 16.0. The van der Waals surface area contributed by atoms with E-state index in [9.17, 15) is 14.9 Å². The third-order valence-electron chi connectivity index (χ3n) is 11.3. The van der Waals surface area contributed by atoms with Crippen LogP contribution < -0.4 is 0 Å². The van der Waals surface area contributed by atoms with Crippen LogP contribution in [0.15, 0.2) is 24.3 Å². The summed E-state index contributed by atoms with van der Waals surface area (Å²) in [5.74, 6) is 5.23. The van der Waals surface area contributed by atoms with Crippen LogP contribution in [0.4, 0.5) is 5.69 Å². The van der Waals surface area contributed by atoms with Gasteiger partial charge in [-0.3, -0.25) is 10.1 Å². The van der Waals surface area contributed by atoms with Gasteiger partial charge in [-0.15, -0.1) is 0 Å². The van der Waals surface area contributed by atoms with Crippen LogP contribution in [-0.2, 0) is 4.74 Å². The molecule has 0 saturated heterocycles. The lowest BCUT2D eigenvalue weighted by molar-refractivity contribution is -0.384. The summed E-state index contributed by atoms with van der Waals surface area (Å²) in [6.07, 6.45) is 16.7. The van der Waals surface area contributed by atoms with Crippen LogP contribution in [-0.4, -0.2) is 17.0 Å². The Balaban J connectivity index is 1.30. The summed E-state index contributed by atoms with van der Waals surface area (Å²) >= 11 is 0. The summed E-state index contributed by atoms with van der Waals surface area (Å²) in [6.45, 7) is 12.3. The van der Waals surface area contributed by atoms with Crippen LogP contribution in [0, 0.1) is 57.0 Å². The monoisotopic (exact) mass is 539 g/mol. The summed E-state index contributed by atoms with van der Waals surface area (Å²) in [5.41, 5.74) is 0.916. The Bertz CT molecular complexity index is 958. The molecule has 5 heteroatoms. The number of benzene rings is 1. The van der Waals surface area contributed by atoms with Crippen LogP contribution in [0.1, 0.15) is 128 Å². The molecule has 1 aromatic carbocycles. The van der Waals surface area contributed by atoms with Crippen LogP contribution in [0.2, 0.25) is 0 Å². The number of carbonyl (C=O) groups excluding carboxylic acids is 1. The zero-order valence-electron chi connectivity index (χ0n) is 25.2. The van der Waals surface area contributed by atoms with Crippen molar-refractivity contribution in [1.29, 1.82) is 0 Å². The van der Waals surface area contributed by atoms with Gasteiger partial charge in [0.05, 0.1) is 10.5 Å². The number of hydrogen-bond donors (Lipinski definition) is 0. The molecule has 3 aliphatic carbocycles. The maximum atomic E-state index is 12.7. The first kappa shape index (κ1) is 30.1. The van der Waals surface area contributed by atoms with Crippen LogP contribution in [0.25, 0.3) is 0 Å². The average Bonchev–Trinajstić information content (AvgIpc) is 3.26. The van der Waals surface area contributed by atoms with Gasteiger partial charge in [-0.2, -0.15) is 0 Å².